The molecule has 0 aliphatic carbocycles. The minimum atomic E-state index is 0.332. The highest BCUT2D eigenvalue weighted by Gasteiger charge is 2.22. The van der Waals surface area contributed by atoms with Crippen molar-refractivity contribution in [2.75, 3.05) is 13.1 Å². The summed E-state index contributed by atoms with van der Waals surface area (Å²) in [5, 5.41) is 0.332. The van der Waals surface area contributed by atoms with Gasteiger partial charge in [0.2, 0.25) is 0 Å². The Morgan fingerprint density at radius 3 is 2.69 bits per heavy atom. The summed E-state index contributed by atoms with van der Waals surface area (Å²) in [5.74, 6) is 0.716. The van der Waals surface area contributed by atoms with E-state index < -0.39 is 0 Å². The van der Waals surface area contributed by atoms with Crippen LogP contribution in [0.3, 0.4) is 0 Å². The average molecular weight is 323 g/mol. The molecule has 1 aliphatic heterocycles. The van der Waals surface area contributed by atoms with E-state index in [4.69, 9.17) is 11.6 Å². The Morgan fingerprint density at radius 2 is 2.19 bits per heavy atom. The summed E-state index contributed by atoms with van der Waals surface area (Å²) < 4.78 is 1.23. The van der Waals surface area contributed by atoms with Gasteiger partial charge in [-0.1, -0.05) is 0 Å². The first kappa shape index (κ1) is 12.9. The van der Waals surface area contributed by atoms with Crippen LogP contribution >= 0.6 is 38.9 Å². The Kier molecular flexibility index (Phi) is 4.71. The first-order valence-corrected chi connectivity index (χ1v) is 7.80. The largest absolute Gasteiger partial charge is 0.298 e. The fraction of sp³-hybridized carbons (Fsp3) is 0.667. The van der Waals surface area contributed by atoms with Gasteiger partial charge in [-0.25, -0.2) is 0 Å². The molecular weight excluding hydrogens is 306 g/mol. The standard InChI is InChI=1S/C12H17BrClNS/c1-9(14)10-4-6-15(7-5-10)8-11-2-3-12(13)16-11/h2-3,9-10H,4-8H2,1H3. The van der Waals surface area contributed by atoms with Crippen molar-refractivity contribution < 1.29 is 0 Å². The Balaban J connectivity index is 1.81. The number of nitrogens with zero attached hydrogens (tertiary/aromatic N) is 1. The summed E-state index contributed by atoms with van der Waals surface area (Å²) in [7, 11) is 0. The highest BCUT2D eigenvalue weighted by molar-refractivity contribution is 9.11. The van der Waals surface area contributed by atoms with E-state index in [-0.39, 0.29) is 0 Å². The molecule has 4 heteroatoms. The van der Waals surface area contributed by atoms with E-state index in [1.807, 2.05) is 11.3 Å². The second kappa shape index (κ2) is 5.85. The lowest BCUT2D eigenvalue weighted by Crippen LogP contribution is -2.35. The van der Waals surface area contributed by atoms with Crippen molar-refractivity contribution in [3.63, 3.8) is 0 Å². The second-order valence-electron chi connectivity index (χ2n) is 4.50. The summed E-state index contributed by atoms with van der Waals surface area (Å²) in [5.41, 5.74) is 0. The Morgan fingerprint density at radius 1 is 1.50 bits per heavy atom. The third-order valence-corrected chi connectivity index (χ3v) is 5.25. The van der Waals surface area contributed by atoms with Crippen LogP contribution in [0.25, 0.3) is 0 Å². The van der Waals surface area contributed by atoms with Crippen molar-refractivity contribution in [1.82, 2.24) is 4.90 Å². The predicted molar refractivity (Wildman–Crippen MR) is 75.3 cm³/mol. The molecule has 1 aromatic rings. The van der Waals surface area contributed by atoms with Crippen molar-refractivity contribution in [3.05, 3.63) is 20.8 Å². The summed E-state index contributed by atoms with van der Waals surface area (Å²) in [6.07, 6.45) is 2.49. The minimum Gasteiger partial charge on any atom is -0.298 e. The van der Waals surface area contributed by atoms with Crippen LogP contribution in [0.2, 0.25) is 0 Å². The third-order valence-electron chi connectivity index (χ3n) is 3.29. The van der Waals surface area contributed by atoms with Crippen LogP contribution < -0.4 is 0 Å². The Labute approximate surface area is 115 Å². The molecule has 0 N–H and O–H groups in total. The van der Waals surface area contributed by atoms with Crippen LogP contribution in [0.5, 0.6) is 0 Å². The van der Waals surface area contributed by atoms with Crippen LogP contribution in [0, 0.1) is 5.92 Å². The van der Waals surface area contributed by atoms with Gasteiger partial charge in [0.05, 0.1) is 3.79 Å². The fourth-order valence-electron chi connectivity index (χ4n) is 2.23. The monoisotopic (exact) mass is 321 g/mol. The summed E-state index contributed by atoms with van der Waals surface area (Å²) >= 11 is 11.5. The van der Waals surface area contributed by atoms with E-state index in [1.165, 1.54) is 34.6 Å². The zero-order chi connectivity index (χ0) is 11.5. The molecule has 1 fully saturated rings. The molecule has 1 atom stereocenters. The molecule has 1 nitrogen and oxygen atoms in total. The number of hydrogen-bond acceptors (Lipinski definition) is 2. The van der Waals surface area contributed by atoms with Gasteiger partial charge in [-0.3, -0.25) is 4.90 Å². The number of alkyl halides is 1. The number of likely N-dealkylation sites (tertiary alicyclic amines) is 1. The number of hydrogen-bond donors (Lipinski definition) is 0. The van der Waals surface area contributed by atoms with Crippen molar-refractivity contribution in [1.29, 1.82) is 0 Å². The molecule has 0 amide bonds. The van der Waals surface area contributed by atoms with Crippen LogP contribution in [0.15, 0.2) is 15.9 Å². The lowest BCUT2D eigenvalue weighted by Gasteiger charge is -2.32. The van der Waals surface area contributed by atoms with Gasteiger partial charge >= 0.3 is 0 Å². The number of piperidine rings is 1. The van der Waals surface area contributed by atoms with Crippen molar-refractivity contribution >= 4 is 38.9 Å². The number of halogens is 2. The maximum absolute atomic E-state index is 6.15. The van der Waals surface area contributed by atoms with Crippen LogP contribution in [-0.2, 0) is 6.54 Å². The molecule has 0 radical (unpaired) electrons. The first-order chi connectivity index (χ1) is 7.65. The molecule has 90 valence electrons. The van der Waals surface area contributed by atoms with Gasteiger partial charge in [-0.2, -0.15) is 0 Å². The summed E-state index contributed by atoms with van der Waals surface area (Å²) in [6.45, 7) is 5.60. The lowest BCUT2D eigenvalue weighted by molar-refractivity contribution is 0.178. The molecular formula is C12H17BrClNS. The van der Waals surface area contributed by atoms with E-state index in [0.717, 1.165) is 6.54 Å². The zero-order valence-corrected chi connectivity index (χ0v) is 12.6. The second-order valence-corrected chi connectivity index (χ2v) is 7.73. The molecule has 0 aromatic carbocycles. The molecule has 1 aliphatic rings. The van der Waals surface area contributed by atoms with Gasteiger partial charge in [0, 0.05) is 16.8 Å². The van der Waals surface area contributed by atoms with Crippen LogP contribution in [0.4, 0.5) is 0 Å². The van der Waals surface area contributed by atoms with Crippen molar-refractivity contribution in [2.45, 2.75) is 31.7 Å². The highest BCUT2D eigenvalue weighted by Crippen LogP contribution is 2.27. The van der Waals surface area contributed by atoms with E-state index in [1.54, 1.807) is 0 Å². The van der Waals surface area contributed by atoms with Gasteiger partial charge < -0.3 is 0 Å². The summed E-state index contributed by atoms with van der Waals surface area (Å²) in [6, 6.07) is 4.35. The molecule has 1 unspecified atom stereocenters. The fourth-order valence-corrected chi connectivity index (χ4v) is 4.01. The molecule has 1 aromatic heterocycles. The SMILES string of the molecule is CC(Cl)C1CCN(Cc2ccc(Br)s2)CC1. The topological polar surface area (TPSA) is 3.24 Å². The van der Waals surface area contributed by atoms with E-state index >= 15 is 0 Å². The molecule has 0 saturated carbocycles. The highest BCUT2D eigenvalue weighted by atomic mass is 79.9. The zero-order valence-electron chi connectivity index (χ0n) is 9.46. The normalized spacial score (nSPS) is 21.2. The maximum Gasteiger partial charge on any atom is 0.0701 e. The molecule has 16 heavy (non-hydrogen) atoms. The van der Waals surface area contributed by atoms with Gasteiger partial charge in [-0.15, -0.1) is 22.9 Å². The number of rotatable bonds is 3. The van der Waals surface area contributed by atoms with Gasteiger partial charge in [0.25, 0.3) is 0 Å². The number of thiophene rings is 1. The average Bonchev–Trinajstić information content (AvgIpc) is 2.65. The van der Waals surface area contributed by atoms with Crippen molar-refractivity contribution in [2.24, 2.45) is 5.92 Å². The Bertz CT molecular complexity index is 332. The lowest BCUT2D eigenvalue weighted by atomic mass is 9.94. The van der Waals surface area contributed by atoms with Crippen LogP contribution in [0.1, 0.15) is 24.6 Å². The third kappa shape index (κ3) is 3.46. The van der Waals surface area contributed by atoms with Crippen LogP contribution in [-0.4, -0.2) is 23.4 Å². The molecule has 0 spiro atoms. The van der Waals surface area contributed by atoms with Gasteiger partial charge in [0.1, 0.15) is 0 Å². The minimum absolute atomic E-state index is 0.332. The Hall–Kier alpha value is 0.430. The molecule has 2 heterocycles. The van der Waals surface area contributed by atoms with Gasteiger partial charge in [-0.05, 0) is 66.8 Å². The molecule has 2 rings (SSSR count). The van der Waals surface area contributed by atoms with Gasteiger partial charge in [0.15, 0.2) is 0 Å². The quantitative estimate of drug-likeness (QED) is 0.748. The maximum atomic E-state index is 6.15. The van der Waals surface area contributed by atoms with E-state index in [2.05, 4.69) is 39.9 Å². The first-order valence-electron chi connectivity index (χ1n) is 5.76. The molecule has 1 saturated heterocycles. The smallest absolute Gasteiger partial charge is 0.0701 e. The molecule has 0 bridgehead atoms. The van der Waals surface area contributed by atoms with E-state index in [9.17, 15) is 0 Å². The summed E-state index contributed by atoms with van der Waals surface area (Å²) in [4.78, 5) is 3.98. The van der Waals surface area contributed by atoms with E-state index in [0.29, 0.717) is 11.3 Å². The predicted octanol–water partition coefficient (Wildman–Crippen LogP) is 4.35. The van der Waals surface area contributed by atoms with Crippen molar-refractivity contribution in [3.8, 4) is 0 Å².